The van der Waals surface area contributed by atoms with E-state index in [4.69, 9.17) is 16.3 Å². The van der Waals surface area contributed by atoms with E-state index in [0.717, 1.165) is 5.56 Å². The van der Waals surface area contributed by atoms with Gasteiger partial charge in [-0.3, -0.25) is 4.98 Å². The van der Waals surface area contributed by atoms with Crippen molar-refractivity contribution in [1.82, 2.24) is 10.3 Å². The Labute approximate surface area is 116 Å². The van der Waals surface area contributed by atoms with Crippen LogP contribution >= 0.6 is 11.6 Å². The smallest absolute Gasteiger partial charge is 0.166 e. The molecule has 5 heteroatoms. The summed E-state index contributed by atoms with van der Waals surface area (Å²) in [5, 5.41) is 3.49. The van der Waals surface area contributed by atoms with Crippen LogP contribution in [0, 0.1) is 5.82 Å². The van der Waals surface area contributed by atoms with E-state index in [9.17, 15) is 4.39 Å². The summed E-state index contributed by atoms with van der Waals surface area (Å²) in [6.45, 7) is 1.95. The highest BCUT2D eigenvalue weighted by Gasteiger charge is 2.09. The molecule has 0 bridgehead atoms. The SMILES string of the molecule is CNC(C)c1ccc(Oc2cncc(Cl)c2)c(F)c1. The Bertz CT molecular complexity index is 577. The van der Waals surface area contributed by atoms with Gasteiger partial charge in [-0.1, -0.05) is 17.7 Å². The maximum absolute atomic E-state index is 13.9. The van der Waals surface area contributed by atoms with Gasteiger partial charge in [0, 0.05) is 18.3 Å². The van der Waals surface area contributed by atoms with Gasteiger partial charge in [-0.05, 0) is 31.7 Å². The van der Waals surface area contributed by atoms with Crippen LogP contribution in [0.4, 0.5) is 4.39 Å². The Kier molecular flexibility index (Phi) is 4.35. The van der Waals surface area contributed by atoms with Crippen molar-refractivity contribution in [2.75, 3.05) is 7.05 Å². The fourth-order valence-electron chi connectivity index (χ4n) is 1.61. The molecule has 1 aromatic carbocycles. The molecule has 0 aliphatic rings. The van der Waals surface area contributed by atoms with Crippen LogP contribution in [0.2, 0.25) is 5.02 Å². The predicted molar refractivity (Wildman–Crippen MR) is 73.2 cm³/mol. The van der Waals surface area contributed by atoms with E-state index in [1.165, 1.54) is 18.5 Å². The van der Waals surface area contributed by atoms with Crippen molar-refractivity contribution >= 4 is 11.6 Å². The quantitative estimate of drug-likeness (QED) is 0.921. The van der Waals surface area contributed by atoms with Crippen molar-refractivity contribution in [3.05, 3.63) is 53.1 Å². The minimum Gasteiger partial charge on any atom is -0.453 e. The zero-order chi connectivity index (χ0) is 13.8. The van der Waals surface area contributed by atoms with Gasteiger partial charge < -0.3 is 10.1 Å². The second kappa shape index (κ2) is 5.99. The molecule has 0 spiro atoms. The van der Waals surface area contributed by atoms with Gasteiger partial charge in [0.05, 0.1) is 11.2 Å². The van der Waals surface area contributed by atoms with Gasteiger partial charge in [-0.15, -0.1) is 0 Å². The average molecular weight is 281 g/mol. The largest absolute Gasteiger partial charge is 0.453 e. The molecule has 2 aromatic rings. The molecule has 0 saturated heterocycles. The molecule has 0 fully saturated rings. The molecule has 3 nitrogen and oxygen atoms in total. The third-order valence-corrected chi connectivity index (χ3v) is 3.00. The van der Waals surface area contributed by atoms with Crippen LogP contribution in [0.25, 0.3) is 0 Å². The number of ether oxygens (including phenoxy) is 1. The first-order valence-electron chi connectivity index (χ1n) is 5.85. The molecule has 0 saturated carbocycles. The summed E-state index contributed by atoms with van der Waals surface area (Å²) in [6.07, 6.45) is 2.97. The second-order valence-electron chi connectivity index (χ2n) is 4.14. The van der Waals surface area contributed by atoms with E-state index in [2.05, 4.69) is 10.3 Å². The molecule has 1 aromatic heterocycles. The van der Waals surface area contributed by atoms with Crippen molar-refractivity contribution in [2.24, 2.45) is 0 Å². The zero-order valence-electron chi connectivity index (χ0n) is 10.7. The number of halogens is 2. The first kappa shape index (κ1) is 13.8. The number of rotatable bonds is 4. The lowest BCUT2D eigenvalue weighted by Crippen LogP contribution is -2.12. The summed E-state index contributed by atoms with van der Waals surface area (Å²) in [4.78, 5) is 3.88. The number of hydrogen-bond donors (Lipinski definition) is 1. The molecule has 1 heterocycles. The van der Waals surface area contributed by atoms with Crippen LogP contribution < -0.4 is 10.1 Å². The minimum absolute atomic E-state index is 0.0800. The number of aromatic nitrogens is 1. The van der Waals surface area contributed by atoms with Crippen molar-refractivity contribution in [2.45, 2.75) is 13.0 Å². The Morgan fingerprint density at radius 3 is 2.74 bits per heavy atom. The van der Waals surface area contributed by atoms with Gasteiger partial charge in [0.15, 0.2) is 11.6 Å². The molecular formula is C14H14ClFN2O. The molecule has 0 amide bonds. The van der Waals surface area contributed by atoms with Crippen molar-refractivity contribution in [1.29, 1.82) is 0 Å². The lowest BCUT2D eigenvalue weighted by molar-refractivity contribution is 0.439. The van der Waals surface area contributed by atoms with Crippen LogP contribution in [0.3, 0.4) is 0 Å². The highest BCUT2D eigenvalue weighted by Crippen LogP contribution is 2.27. The second-order valence-corrected chi connectivity index (χ2v) is 4.58. The third kappa shape index (κ3) is 3.43. The van der Waals surface area contributed by atoms with Crippen molar-refractivity contribution in [3.63, 3.8) is 0 Å². The fraction of sp³-hybridized carbons (Fsp3) is 0.214. The van der Waals surface area contributed by atoms with Crippen LogP contribution in [0.1, 0.15) is 18.5 Å². The predicted octanol–water partition coefficient (Wildman–Crippen LogP) is 3.95. The minimum atomic E-state index is -0.417. The summed E-state index contributed by atoms with van der Waals surface area (Å²) in [7, 11) is 1.82. The van der Waals surface area contributed by atoms with Crippen LogP contribution in [0.5, 0.6) is 11.5 Å². The Morgan fingerprint density at radius 1 is 1.32 bits per heavy atom. The molecule has 0 aliphatic heterocycles. The van der Waals surface area contributed by atoms with E-state index in [1.807, 2.05) is 20.0 Å². The summed E-state index contributed by atoms with van der Waals surface area (Å²) in [5.74, 6) is 0.136. The molecule has 1 unspecified atom stereocenters. The topological polar surface area (TPSA) is 34.1 Å². The maximum Gasteiger partial charge on any atom is 0.166 e. The Morgan fingerprint density at radius 2 is 2.11 bits per heavy atom. The first-order chi connectivity index (χ1) is 9.10. The van der Waals surface area contributed by atoms with E-state index in [0.29, 0.717) is 10.8 Å². The van der Waals surface area contributed by atoms with E-state index < -0.39 is 5.82 Å². The molecule has 1 atom stereocenters. The van der Waals surface area contributed by atoms with E-state index in [-0.39, 0.29) is 11.8 Å². The molecule has 100 valence electrons. The number of pyridine rings is 1. The van der Waals surface area contributed by atoms with Gasteiger partial charge >= 0.3 is 0 Å². The van der Waals surface area contributed by atoms with Gasteiger partial charge in [-0.25, -0.2) is 4.39 Å². The Balaban J connectivity index is 2.22. The molecule has 2 rings (SSSR count). The van der Waals surface area contributed by atoms with Crippen LogP contribution in [-0.4, -0.2) is 12.0 Å². The third-order valence-electron chi connectivity index (χ3n) is 2.80. The number of benzene rings is 1. The van der Waals surface area contributed by atoms with E-state index >= 15 is 0 Å². The number of nitrogens with one attached hydrogen (secondary N) is 1. The lowest BCUT2D eigenvalue weighted by atomic mass is 10.1. The highest BCUT2D eigenvalue weighted by molar-refractivity contribution is 6.30. The lowest BCUT2D eigenvalue weighted by Gasteiger charge is -2.12. The van der Waals surface area contributed by atoms with Gasteiger partial charge in [0.1, 0.15) is 5.75 Å². The molecule has 0 radical (unpaired) electrons. The zero-order valence-corrected chi connectivity index (χ0v) is 11.4. The van der Waals surface area contributed by atoms with Gasteiger partial charge in [0.25, 0.3) is 0 Å². The van der Waals surface area contributed by atoms with Crippen molar-refractivity contribution in [3.8, 4) is 11.5 Å². The molecule has 1 N–H and O–H groups in total. The summed E-state index contributed by atoms with van der Waals surface area (Å²) < 4.78 is 19.3. The maximum atomic E-state index is 13.9. The molecular weight excluding hydrogens is 267 g/mol. The molecule has 19 heavy (non-hydrogen) atoms. The fourth-order valence-corrected chi connectivity index (χ4v) is 1.77. The standard InChI is InChI=1S/C14H14ClFN2O/c1-9(17-2)10-3-4-14(13(16)5-10)19-12-6-11(15)7-18-8-12/h3-9,17H,1-2H3. The van der Waals surface area contributed by atoms with Crippen LogP contribution in [-0.2, 0) is 0 Å². The number of nitrogens with zero attached hydrogens (tertiary/aromatic N) is 1. The van der Waals surface area contributed by atoms with E-state index in [1.54, 1.807) is 12.1 Å². The summed E-state index contributed by atoms with van der Waals surface area (Å²) >= 11 is 5.79. The monoisotopic (exact) mass is 280 g/mol. The first-order valence-corrected chi connectivity index (χ1v) is 6.23. The highest BCUT2D eigenvalue weighted by atomic mass is 35.5. The normalized spacial score (nSPS) is 12.2. The molecule has 0 aliphatic carbocycles. The Hall–Kier alpha value is -1.65. The average Bonchev–Trinajstić information content (AvgIpc) is 2.40. The van der Waals surface area contributed by atoms with Crippen LogP contribution in [0.15, 0.2) is 36.7 Å². The van der Waals surface area contributed by atoms with Gasteiger partial charge in [0.2, 0.25) is 0 Å². The van der Waals surface area contributed by atoms with Crippen molar-refractivity contribution < 1.29 is 9.13 Å². The number of hydrogen-bond acceptors (Lipinski definition) is 3. The van der Waals surface area contributed by atoms with Gasteiger partial charge in [-0.2, -0.15) is 0 Å². The summed E-state index contributed by atoms with van der Waals surface area (Å²) in [6, 6.07) is 6.53. The summed E-state index contributed by atoms with van der Waals surface area (Å²) in [5.41, 5.74) is 0.858.